The molecule has 0 aliphatic carbocycles. The second-order valence-corrected chi connectivity index (χ2v) is 11.2. The zero-order valence-electron chi connectivity index (χ0n) is 23.4. The van der Waals surface area contributed by atoms with Gasteiger partial charge in [-0.1, -0.05) is 54.5 Å². The van der Waals surface area contributed by atoms with Crippen molar-refractivity contribution in [2.45, 2.75) is 90.3 Å². The van der Waals surface area contributed by atoms with E-state index in [-0.39, 0.29) is 30.9 Å². The van der Waals surface area contributed by atoms with Crippen molar-refractivity contribution in [3.8, 4) is 0 Å². The molecule has 0 amide bonds. The van der Waals surface area contributed by atoms with Crippen LogP contribution in [-0.2, 0) is 9.53 Å². The molecule has 7 atom stereocenters. The highest BCUT2D eigenvalue weighted by Crippen LogP contribution is 2.27. The van der Waals surface area contributed by atoms with Gasteiger partial charge in [0.05, 0.1) is 36.5 Å². The summed E-state index contributed by atoms with van der Waals surface area (Å²) in [5.41, 5.74) is 2.88. The third kappa shape index (κ3) is 10.3. The molecule has 2 bridgehead atoms. The maximum absolute atomic E-state index is 13.0. The number of nitrogens with zero attached hydrogens (tertiary/aromatic N) is 1. The van der Waals surface area contributed by atoms with Gasteiger partial charge in [0, 0.05) is 23.8 Å². The number of aliphatic hydroxyl groups is 5. The van der Waals surface area contributed by atoms with Crippen LogP contribution in [0.4, 0.5) is 0 Å². The monoisotopic (exact) mass is 561 g/mol. The van der Waals surface area contributed by atoms with Crippen LogP contribution in [0.1, 0.15) is 70.5 Å². The minimum absolute atomic E-state index is 0.00774. The Morgan fingerprint density at radius 1 is 1.26 bits per heavy atom. The lowest BCUT2D eigenvalue weighted by atomic mass is 9.89. The average molecular weight is 562 g/mol. The molecule has 8 nitrogen and oxygen atoms in total. The van der Waals surface area contributed by atoms with Crippen molar-refractivity contribution in [2.24, 2.45) is 5.92 Å². The molecule has 1 aromatic heterocycles. The molecule has 0 radical (unpaired) electrons. The van der Waals surface area contributed by atoms with Crippen LogP contribution < -0.4 is 0 Å². The summed E-state index contributed by atoms with van der Waals surface area (Å²) in [5.74, 6) is -1.63. The molecule has 0 saturated carbocycles. The van der Waals surface area contributed by atoms with Crippen molar-refractivity contribution in [1.82, 2.24) is 4.98 Å². The molecule has 39 heavy (non-hydrogen) atoms. The zero-order chi connectivity index (χ0) is 29.1. The van der Waals surface area contributed by atoms with E-state index >= 15 is 0 Å². The van der Waals surface area contributed by atoms with Crippen LogP contribution in [0.2, 0.25) is 0 Å². The number of cyclic esters (lactones) is 1. The van der Waals surface area contributed by atoms with E-state index in [1.54, 1.807) is 30.5 Å². The van der Waals surface area contributed by atoms with E-state index in [1.807, 2.05) is 39.8 Å². The number of hydrogen-bond acceptors (Lipinski definition) is 9. The largest absolute Gasteiger partial charge is 0.456 e. The van der Waals surface area contributed by atoms with Crippen molar-refractivity contribution in [3.05, 3.63) is 69.3 Å². The highest BCUT2D eigenvalue weighted by atomic mass is 32.1. The molecule has 1 aliphatic heterocycles. The summed E-state index contributed by atoms with van der Waals surface area (Å²) in [6.07, 6.45) is 7.21. The summed E-state index contributed by atoms with van der Waals surface area (Å²) < 4.78 is 5.67. The second kappa shape index (κ2) is 16.0. The third-order valence-corrected chi connectivity index (χ3v) is 7.78. The first-order valence-corrected chi connectivity index (χ1v) is 14.2. The number of carbonyl (C=O) groups excluding carboxylic acids is 1. The predicted octanol–water partition coefficient (Wildman–Crippen LogP) is 3.82. The highest BCUT2D eigenvalue weighted by molar-refractivity contribution is 7.09. The molecule has 7 unspecified atom stereocenters. The van der Waals surface area contributed by atoms with Crippen molar-refractivity contribution >= 4 is 23.4 Å². The van der Waals surface area contributed by atoms with Crippen LogP contribution in [0.25, 0.3) is 6.08 Å². The van der Waals surface area contributed by atoms with Gasteiger partial charge < -0.3 is 30.3 Å². The Kier molecular flexibility index (Phi) is 13.5. The zero-order valence-corrected chi connectivity index (χ0v) is 24.2. The average Bonchev–Trinajstić information content (AvgIpc) is 3.34. The Balaban J connectivity index is 2.32. The second-order valence-electron chi connectivity index (χ2n) is 10.3. The number of allylic oxidation sites excluding steroid dienone is 6. The fourth-order valence-electron chi connectivity index (χ4n) is 4.36. The van der Waals surface area contributed by atoms with Crippen LogP contribution in [0.15, 0.2) is 58.6 Å². The van der Waals surface area contributed by atoms with Gasteiger partial charge in [0.1, 0.15) is 17.2 Å². The smallest absolute Gasteiger partial charge is 0.334 e. The lowest BCUT2D eigenvalue weighted by Crippen LogP contribution is -2.43. The SMILES string of the molecule is CC=C(C)C=C(C)CC(C)C(O)C(O)C1CC=C/C=C/C(O)CC(O)C(CO)c2nc(cs2)C=C(C)C(=O)O1. The van der Waals surface area contributed by atoms with Crippen LogP contribution >= 0.6 is 11.3 Å². The lowest BCUT2D eigenvalue weighted by Gasteiger charge is -2.30. The predicted molar refractivity (Wildman–Crippen MR) is 154 cm³/mol. The van der Waals surface area contributed by atoms with Crippen LogP contribution in [0.3, 0.4) is 0 Å². The van der Waals surface area contributed by atoms with Crippen molar-refractivity contribution < 1.29 is 35.1 Å². The van der Waals surface area contributed by atoms with E-state index in [2.05, 4.69) is 4.98 Å². The molecule has 2 heterocycles. The first-order valence-electron chi connectivity index (χ1n) is 13.3. The Bertz CT molecular complexity index is 1090. The number of carbonyl (C=O) groups is 1. The van der Waals surface area contributed by atoms with E-state index in [0.717, 1.165) is 11.1 Å². The van der Waals surface area contributed by atoms with Gasteiger partial charge in [0.15, 0.2) is 0 Å². The number of esters is 1. The van der Waals surface area contributed by atoms with Gasteiger partial charge in [-0.2, -0.15) is 0 Å². The number of hydrogen-bond donors (Lipinski definition) is 5. The lowest BCUT2D eigenvalue weighted by molar-refractivity contribution is -0.156. The summed E-state index contributed by atoms with van der Waals surface area (Å²) in [7, 11) is 0. The van der Waals surface area contributed by atoms with E-state index in [4.69, 9.17) is 4.74 Å². The first kappa shape index (κ1) is 32.8. The Morgan fingerprint density at radius 2 is 1.97 bits per heavy atom. The summed E-state index contributed by atoms with van der Waals surface area (Å²) >= 11 is 1.24. The molecule has 0 spiro atoms. The van der Waals surface area contributed by atoms with E-state index < -0.39 is 42.4 Å². The molecule has 9 heteroatoms. The minimum atomic E-state index is -1.33. The van der Waals surface area contributed by atoms with Gasteiger partial charge in [-0.25, -0.2) is 9.78 Å². The van der Waals surface area contributed by atoms with Gasteiger partial charge >= 0.3 is 5.97 Å². The summed E-state index contributed by atoms with van der Waals surface area (Å²) in [6.45, 7) is 8.99. The van der Waals surface area contributed by atoms with Crippen molar-refractivity contribution in [2.75, 3.05) is 6.61 Å². The van der Waals surface area contributed by atoms with Gasteiger partial charge in [-0.05, 0) is 46.1 Å². The Morgan fingerprint density at radius 3 is 2.64 bits per heavy atom. The summed E-state index contributed by atoms with van der Waals surface area (Å²) in [5, 5.41) is 54.9. The fraction of sp³-hybridized carbons (Fsp3) is 0.533. The van der Waals surface area contributed by atoms with Gasteiger partial charge in [-0.15, -0.1) is 11.3 Å². The number of thiazole rings is 1. The van der Waals surface area contributed by atoms with Crippen LogP contribution in [-0.4, -0.2) is 73.6 Å². The number of aliphatic hydroxyl groups excluding tert-OH is 5. The summed E-state index contributed by atoms with van der Waals surface area (Å²) in [6, 6.07) is 0. The van der Waals surface area contributed by atoms with Crippen LogP contribution in [0.5, 0.6) is 0 Å². The molecular weight excluding hydrogens is 518 g/mol. The normalized spacial score (nSPS) is 27.2. The molecule has 1 aliphatic rings. The van der Waals surface area contributed by atoms with Gasteiger partial charge in [-0.3, -0.25) is 0 Å². The van der Waals surface area contributed by atoms with Crippen LogP contribution in [0, 0.1) is 5.92 Å². The maximum Gasteiger partial charge on any atom is 0.334 e. The van der Waals surface area contributed by atoms with Gasteiger partial charge in [0.2, 0.25) is 0 Å². The molecule has 2 rings (SSSR count). The Labute approximate surface area is 235 Å². The number of rotatable bonds is 7. The summed E-state index contributed by atoms with van der Waals surface area (Å²) in [4.78, 5) is 17.4. The number of fused-ring (bicyclic) bond motifs is 2. The molecule has 0 aromatic carbocycles. The number of ether oxygens (including phenoxy) is 1. The quantitative estimate of drug-likeness (QED) is 0.250. The minimum Gasteiger partial charge on any atom is -0.456 e. The van der Waals surface area contributed by atoms with Crippen molar-refractivity contribution in [1.29, 1.82) is 0 Å². The topological polar surface area (TPSA) is 140 Å². The Hall–Kier alpha value is -2.40. The standard InChI is InChI=1S/C30H43NO7S/c1-6-18(2)12-19(3)13-20(4)27(35)28(36)26-11-9-7-8-10-23(33)15-25(34)24(16-32)29-31-22(17-39-29)14-21(5)30(37)38-26/h6-10,12,14,17,20,23-28,32-36H,11,13,15-16H2,1-5H3/b9-7?,10-8+,18-6?,19-12?,21-14?. The fourth-order valence-corrected chi connectivity index (χ4v) is 5.29. The van der Waals surface area contributed by atoms with Gasteiger partial charge in [0.25, 0.3) is 0 Å². The van der Waals surface area contributed by atoms with Crippen molar-refractivity contribution in [3.63, 3.8) is 0 Å². The maximum atomic E-state index is 13.0. The molecule has 216 valence electrons. The highest BCUT2D eigenvalue weighted by Gasteiger charge is 2.32. The molecule has 1 aromatic rings. The third-order valence-electron chi connectivity index (χ3n) is 6.78. The van der Waals surface area contributed by atoms with E-state index in [1.165, 1.54) is 23.5 Å². The molecule has 0 fully saturated rings. The number of aromatic nitrogens is 1. The van der Waals surface area contributed by atoms with E-state index in [9.17, 15) is 30.3 Å². The first-order chi connectivity index (χ1) is 18.5. The molecule has 0 saturated heterocycles. The molecular formula is C30H43NO7S. The molecule has 5 N–H and O–H groups in total. The van der Waals surface area contributed by atoms with E-state index in [0.29, 0.717) is 17.1 Å².